The maximum atomic E-state index is 12.2. The van der Waals surface area contributed by atoms with Crippen molar-refractivity contribution in [2.45, 2.75) is 76.3 Å². The minimum atomic E-state index is -3.44. The molecule has 166 valence electrons. The molecule has 29 heavy (non-hydrogen) atoms. The highest BCUT2D eigenvalue weighted by Gasteiger charge is 2.29. The summed E-state index contributed by atoms with van der Waals surface area (Å²) in [5.74, 6) is 0.494. The lowest BCUT2D eigenvalue weighted by Gasteiger charge is -2.29. The molecule has 7 nitrogen and oxygen atoms in total. The van der Waals surface area contributed by atoms with E-state index in [0.29, 0.717) is 11.6 Å². The van der Waals surface area contributed by atoms with Crippen LogP contribution in [0.3, 0.4) is 0 Å². The lowest BCUT2D eigenvalue weighted by atomic mass is 9.86. The number of sulfonamides is 2. The maximum absolute atomic E-state index is 12.2. The van der Waals surface area contributed by atoms with Crippen LogP contribution in [-0.4, -0.2) is 39.4 Å². The van der Waals surface area contributed by atoms with Crippen molar-refractivity contribution in [2.75, 3.05) is 16.6 Å². The molecule has 0 heterocycles. The van der Waals surface area contributed by atoms with Gasteiger partial charge in [-0.05, 0) is 90.5 Å². The smallest absolute Gasteiger partial charge is 0.237 e. The number of anilines is 2. The van der Waals surface area contributed by atoms with Crippen LogP contribution in [0.15, 0.2) is 24.3 Å². The molecule has 0 bridgehead atoms. The zero-order valence-corrected chi connectivity index (χ0v) is 19.7. The van der Waals surface area contributed by atoms with Gasteiger partial charge in [-0.3, -0.25) is 4.72 Å². The van der Waals surface area contributed by atoms with Gasteiger partial charge >= 0.3 is 0 Å². The van der Waals surface area contributed by atoms with Crippen LogP contribution in [0.4, 0.5) is 11.4 Å². The van der Waals surface area contributed by atoms with Gasteiger partial charge in [0.25, 0.3) is 0 Å². The molecule has 0 atom stereocenters. The van der Waals surface area contributed by atoms with Crippen molar-refractivity contribution in [3.63, 3.8) is 0 Å². The Labute approximate surface area is 176 Å². The van der Waals surface area contributed by atoms with Crippen molar-refractivity contribution >= 4 is 31.4 Å². The van der Waals surface area contributed by atoms with Gasteiger partial charge in [-0.25, -0.2) is 21.6 Å². The summed E-state index contributed by atoms with van der Waals surface area (Å²) in [4.78, 5) is 0. The SMILES string of the molecule is CC(C)S(=O)(=O)N[C@H]1CC[C@H](CNc2ccc(NS(=O)(=O)C(C)(C)C)cc2)CC1. The van der Waals surface area contributed by atoms with Gasteiger partial charge in [0.05, 0.1) is 10.00 Å². The molecule has 1 aliphatic carbocycles. The molecule has 0 aromatic heterocycles. The molecule has 0 saturated heterocycles. The van der Waals surface area contributed by atoms with Crippen LogP contribution < -0.4 is 14.8 Å². The standard InChI is InChI=1S/C20H35N3O4S2/c1-15(2)28(24,25)22-18-8-6-16(7-9-18)14-21-17-10-12-19(13-11-17)23-29(26,27)20(3,4)5/h10-13,15-16,18,21-23H,6-9,14H2,1-5H3/t16-,18-. The monoisotopic (exact) mass is 445 g/mol. The van der Waals surface area contributed by atoms with Crippen molar-refractivity contribution < 1.29 is 16.8 Å². The Morgan fingerprint density at radius 1 is 0.931 bits per heavy atom. The summed E-state index contributed by atoms with van der Waals surface area (Å²) in [7, 11) is -6.65. The predicted molar refractivity (Wildman–Crippen MR) is 120 cm³/mol. The zero-order valence-electron chi connectivity index (χ0n) is 18.0. The largest absolute Gasteiger partial charge is 0.385 e. The molecule has 0 amide bonds. The number of rotatable bonds is 8. The van der Waals surface area contributed by atoms with Gasteiger partial charge in [0.2, 0.25) is 20.0 Å². The van der Waals surface area contributed by atoms with Crippen molar-refractivity contribution in [1.82, 2.24) is 4.72 Å². The van der Waals surface area contributed by atoms with Gasteiger partial charge in [-0.2, -0.15) is 0 Å². The highest BCUT2D eigenvalue weighted by atomic mass is 32.2. The highest BCUT2D eigenvalue weighted by Crippen LogP contribution is 2.26. The van der Waals surface area contributed by atoms with Crippen LogP contribution in [0, 0.1) is 5.92 Å². The molecule has 0 radical (unpaired) electrons. The number of benzene rings is 1. The lowest BCUT2D eigenvalue weighted by Crippen LogP contribution is -2.41. The third-order valence-corrected chi connectivity index (χ3v) is 9.36. The Kier molecular flexibility index (Phi) is 7.62. The van der Waals surface area contributed by atoms with Crippen LogP contribution in [0.25, 0.3) is 0 Å². The molecule has 0 unspecified atom stereocenters. The minimum absolute atomic E-state index is 0.0359. The molecule has 1 saturated carbocycles. The number of nitrogens with one attached hydrogen (secondary N) is 3. The first-order valence-corrected chi connectivity index (χ1v) is 13.2. The third-order valence-electron chi connectivity index (χ3n) is 5.34. The van der Waals surface area contributed by atoms with E-state index in [1.54, 1.807) is 46.8 Å². The Bertz CT molecular complexity index is 865. The summed E-state index contributed by atoms with van der Waals surface area (Å²) in [6.45, 7) is 9.18. The van der Waals surface area contributed by atoms with E-state index in [1.807, 2.05) is 12.1 Å². The van der Waals surface area contributed by atoms with Crippen LogP contribution in [0.2, 0.25) is 0 Å². The van der Waals surface area contributed by atoms with E-state index in [2.05, 4.69) is 14.8 Å². The third kappa shape index (κ3) is 6.86. The molecule has 3 N–H and O–H groups in total. The second-order valence-corrected chi connectivity index (χ2v) is 13.8. The zero-order chi connectivity index (χ0) is 21.9. The van der Waals surface area contributed by atoms with E-state index in [-0.39, 0.29) is 6.04 Å². The summed E-state index contributed by atoms with van der Waals surface area (Å²) in [6, 6.07) is 7.27. The molecule has 1 aromatic rings. The molecule has 0 aliphatic heterocycles. The van der Waals surface area contributed by atoms with Gasteiger partial charge in [0.1, 0.15) is 0 Å². The van der Waals surface area contributed by atoms with Gasteiger partial charge in [0, 0.05) is 24.0 Å². The molecular formula is C20H35N3O4S2. The Balaban J connectivity index is 1.80. The molecular weight excluding hydrogens is 410 g/mol. The number of hydrogen-bond acceptors (Lipinski definition) is 5. The molecule has 1 aliphatic rings. The van der Waals surface area contributed by atoms with Crippen LogP contribution in [0.1, 0.15) is 60.3 Å². The van der Waals surface area contributed by atoms with E-state index in [4.69, 9.17) is 0 Å². The summed E-state index contributed by atoms with van der Waals surface area (Å²) < 4.78 is 53.0. The molecule has 0 spiro atoms. The lowest BCUT2D eigenvalue weighted by molar-refractivity contribution is 0.323. The van der Waals surface area contributed by atoms with Crippen LogP contribution >= 0.6 is 0 Å². The second kappa shape index (κ2) is 9.22. The molecule has 9 heteroatoms. The number of hydrogen-bond donors (Lipinski definition) is 3. The van der Waals surface area contributed by atoms with E-state index in [0.717, 1.165) is 37.9 Å². The first-order valence-electron chi connectivity index (χ1n) is 10.2. The molecule has 1 aromatic carbocycles. The topological polar surface area (TPSA) is 104 Å². The quantitative estimate of drug-likeness (QED) is 0.568. The normalized spacial score (nSPS) is 21.2. The summed E-state index contributed by atoms with van der Waals surface area (Å²) >= 11 is 0. The van der Waals surface area contributed by atoms with Gasteiger partial charge in [-0.15, -0.1) is 0 Å². The second-order valence-electron chi connectivity index (χ2n) is 9.11. The first-order chi connectivity index (χ1) is 13.3. The molecule has 1 fully saturated rings. The van der Waals surface area contributed by atoms with Crippen LogP contribution in [-0.2, 0) is 20.0 Å². The fourth-order valence-electron chi connectivity index (χ4n) is 3.08. The summed E-state index contributed by atoms with van der Waals surface area (Å²) in [5, 5.41) is 3.00. The summed E-state index contributed by atoms with van der Waals surface area (Å²) in [6.07, 6.45) is 3.65. The van der Waals surface area contributed by atoms with Gasteiger partial charge in [0.15, 0.2) is 0 Å². The Morgan fingerprint density at radius 2 is 1.45 bits per heavy atom. The minimum Gasteiger partial charge on any atom is -0.385 e. The van der Waals surface area contributed by atoms with E-state index in [9.17, 15) is 16.8 Å². The first kappa shape index (κ1) is 24.0. The van der Waals surface area contributed by atoms with Gasteiger partial charge < -0.3 is 5.32 Å². The average Bonchev–Trinajstić information content (AvgIpc) is 2.61. The van der Waals surface area contributed by atoms with Crippen LogP contribution in [0.5, 0.6) is 0 Å². The van der Waals surface area contributed by atoms with E-state index < -0.39 is 30.0 Å². The summed E-state index contributed by atoms with van der Waals surface area (Å²) in [5.41, 5.74) is 1.48. The van der Waals surface area contributed by atoms with Crippen molar-refractivity contribution in [3.05, 3.63) is 24.3 Å². The van der Waals surface area contributed by atoms with Crippen molar-refractivity contribution in [2.24, 2.45) is 5.92 Å². The Hall–Kier alpha value is -1.32. The van der Waals surface area contributed by atoms with Gasteiger partial charge in [-0.1, -0.05) is 0 Å². The fraction of sp³-hybridized carbons (Fsp3) is 0.700. The van der Waals surface area contributed by atoms with Crippen molar-refractivity contribution in [3.8, 4) is 0 Å². The fourth-order valence-corrected chi connectivity index (χ4v) is 4.80. The van der Waals surface area contributed by atoms with E-state index >= 15 is 0 Å². The Morgan fingerprint density at radius 3 is 1.93 bits per heavy atom. The predicted octanol–water partition coefficient (Wildman–Crippen LogP) is 3.53. The maximum Gasteiger partial charge on any atom is 0.237 e. The molecule has 2 rings (SSSR count). The average molecular weight is 446 g/mol. The highest BCUT2D eigenvalue weighted by molar-refractivity contribution is 7.94. The van der Waals surface area contributed by atoms with E-state index in [1.165, 1.54) is 0 Å². The van der Waals surface area contributed by atoms with Crippen molar-refractivity contribution in [1.29, 1.82) is 0 Å².